The van der Waals surface area contributed by atoms with Crippen molar-refractivity contribution in [3.63, 3.8) is 0 Å². The molecule has 0 spiro atoms. The molecule has 0 saturated heterocycles. The van der Waals surface area contributed by atoms with Crippen LogP contribution in [0.3, 0.4) is 0 Å². The molecule has 2 aromatic rings. The van der Waals surface area contributed by atoms with Gasteiger partial charge in [-0.2, -0.15) is 0 Å². The minimum absolute atomic E-state index is 0.766. The molecule has 2 heteroatoms. The summed E-state index contributed by atoms with van der Waals surface area (Å²) < 4.78 is 0. The first kappa shape index (κ1) is 11.6. The fourth-order valence-electron chi connectivity index (χ4n) is 2.70. The number of hydrogen-bond donors (Lipinski definition) is 1. The van der Waals surface area contributed by atoms with Crippen molar-refractivity contribution < 1.29 is 0 Å². The Labute approximate surface area is 122 Å². The molecular weight excluding hydrogens is 266 g/mol. The standard InChI is InChI=1S/C18H12ClN/c19-14-7-9-17-13(10-14)11-18(20-17)16-8-6-12-4-2-1-3-5-15(12)16/h1-11,20H. The molecule has 0 saturated carbocycles. The van der Waals surface area contributed by atoms with Gasteiger partial charge in [-0.25, -0.2) is 0 Å². The van der Waals surface area contributed by atoms with E-state index in [1.165, 1.54) is 16.7 Å². The van der Waals surface area contributed by atoms with Gasteiger partial charge in [0.1, 0.15) is 0 Å². The number of halogens is 1. The normalized spacial score (nSPS) is 11.2. The van der Waals surface area contributed by atoms with Crippen LogP contribution in [0.15, 0.2) is 66.7 Å². The van der Waals surface area contributed by atoms with Gasteiger partial charge in [0.2, 0.25) is 0 Å². The summed E-state index contributed by atoms with van der Waals surface area (Å²) in [5, 5.41) is 1.91. The van der Waals surface area contributed by atoms with E-state index in [1.807, 2.05) is 18.2 Å². The Kier molecular flexibility index (Phi) is 2.54. The van der Waals surface area contributed by atoms with Crippen molar-refractivity contribution in [2.24, 2.45) is 0 Å². The van der Waals surface area contributed by atoms with Crippen molar-refractivity contribution in [2.45, 2.75) is 0 Å². The zero-order valence-electron chi connectivity index (χ0n) is 10.7. The lowest BCUT2D eigenvalue weighted by atomic mass is 10.1. The third kappa shape index (κ3) is 1.79. The summed E-state index contributed by atoms with van der Waals surface area (Å²) in [5.74, 6) is 0. The third-order valence-electron chi connectivity index (χ3n) is 3.66. The second kappa shape index (κ2) is 4.39. The molecule has 1 aromatic heterocycles. The highest BCUT2D eigenvalue weighted by molar-refractivity contribution is 6.31. The van der Waals surface area contributed by atoms with E-state index in [9.17, 15) is 0 Å². The van der Waals surface area contributed by atoms with Crippen molar-refractivity contribution in [2.75, 3.05) is 0 Å². The number of benzene rings is 1. The number of fused-ring (bicyclic) bond motifs is 2. The van der Waals surface area contributed by atoms with Crippen LogP contribution in [0.5, 0.6) is 0 Å². The monoisotopic (exact) mass is 277 g/mol. The highest BCUT2D eigenvalue weighted by Crippen LogP contribution is 2.36. The van der Waals surface area contributed by atoms with Crippen LogP contribution in [0, 0.1) is 0 Å². The van der Waals surface area contributed by atoms with Crippen molar-refractivity contribution >= 4 is 22.5 Å². The number of nitrogens with one attached hydrogen (secondary N) is 1. The molecule has 0 bridgehead atoms. The first-order chi connectivity index (χ1) is 9.81. The van der Waals surface area contributed by atoms with Gasteiger partial charge in [-0.15, -0.1) is 0 Å². The lowest BCUT2D eigenvalue weighted by Gasteiger charge is -1.98. The second-order valence-corrected chi connectivity index (χ2v) is 5.38. The van der Waals surface area contributed by atoms with Crippen LogP contribution in [-0.4, -0.2) is 4.98 Å². The third-order valence-corrected chi connectivity index (χ3v) is 3.90. The molecule has 2 aliphatic rings. The van der Waals surface area contributed by atoms with E-state index in [0.717, 1.165) is 21.6 Å². The Hall–Kier alpha value is -2.25. The van der Waals surface area contributed by atoms with Crippen molar-refractivity contribution in [1.29, 1.82) is 0 Å². The summed E-state index contributed by atoms with van der Waals surface area (Å²) in [6, 6.07) is 22.9. The number of aromatic nitrogens is 1. The average Bonchev–Trinajstić information content (AvgIpc) is 2.95. The predicted octanol–water partition coefficient (Wildman–Crippen LogP) is 5.59. The maximum atomic E-state index is 6.05. The second-order valence-electron chi connectivity index (χ2n) is 4.94. The van der Waals surface area contributed by atoms with Crippen LogP contribution >= 0.6 is 11.6 Å². The van der Waals surface area contributed by atoms with Crippen molar-refractivity contribution in [3.8, 4) is 22.4 Å². The maximum Gasteiger partial charge on any atom is 0.0471 e. The lowest BCUT2D eigenvalue weighted by molar-refractivity contribution is 1.47. The summed E-state index contributed by atoms with van der Waals surface area (Å²) in [5.41, 5.74) is 5.97. The number of aromatic amines is 1. The van der Waals surface area contributed by atoms with Gasteiger partial charge < -0.3 is 4.98 Å². The molecule has 0 fully saturated rings. The Morgan fingerprint density at radius 1 is 0.750 bits per heavy atom. The van der Waals surface area contributed by atoms with Crippen LogP contribution in [0.2, 0.25) is 5.02 Å². The van der Waals surface area contributed by atoms with Crippen molar-refractivity contribution in [3.05, 3.63) is 71.8 Å². The zero-order chi connectivity index (χ0) is 13.5. The summed E-state index contributed by atoms with van der Waals surface area (Å²) in [6.07, 6.45) is 0. The Morgan fingerprint density at radius 2 is 1.65 bits per heavy atom. The molecule has 1 aromatic carbocycles. The molecule has 1 nitrogen and oxygen atoms in total. The molecule has 4 rings (SSSR count). The molecule has 1 N–H and O–H groups in total. The summed E-state index contributed by atoms with van der Waals surface area (Å²) in [4.78, 5) is 3.47. The molecule has 20 heavy (non-hydrogen) atoms. The van der Waals surface area contributed by atoms with Crippen LogP contribution in [-0.2, 0) is 0 Å². The van der Waals surface area contributed by atoms with Gasteiger partial charge >= 0.3 is 0 Å². The Bertz CT molecular complexity index is 876. The van der Waals surface area contributed by atoms with E-state index in [4.69, 9.17) is 11.6 Å². The molecule has 0 aliphatic heterocycles. The van der Waals surface area contributed by atoms with E-state index >= 15 is 0 Å². The van der Waals surface area contributed by atoms with Crippen LogP contribution in [0.4, 0.5) is 0 Å². The van der Waals surface area contributed by atoms with Crippen LogP contribution in [0.1, 0.15) is 0 Å². The molecule has 96 valence electrons. The van der Waals surface area contributed by atoms with Crippen LogP contribution in [0.25, 0.3) is 33.3 Å². The molecular formula is C18H12ClN. The van der Waals surface area contributed by atoms with E-state index in [0.29, 0.717) is 0 Å². The number of hydrogen-bond acceptors (Lipinski definition) is 0. The predicted molar refractivity (Wildman–Crippen MR) is 85.4 cm³/mol. The Balaban J connectivity index is 1.94. The first-order valence-electron chi connectivity index (χ1n) is 6.58. The fraction of sp³-hybridized carbons (Fsp3) is 0. The molecule has 0 atom stereocenters. The van der Waals surface area contributed by atoms with E-state index < -0.39 is 0 Å². The fourth-order valence-corrected chi connectivity index (χ4v) is 2.88. The van der Waals surface area contributed by atoms with Gasteiger partial charge in [-0.05, 0) is 35.4 Å². The van der Waals surface area contributed by atoms with Gasteiger partial charge in [-0.1, -0.05) is 54.1 Å². The maximum absolute atomic E-state index is 6.05. The lowest BCUT2D eigenvalue weighted by Crippen LogP contribution is -1.75. The van der Waals surface area contributed by atoms with Gasteiger partial charge in [0.05, 0.1) is 0 Å². The van der Waals surface area contributed by atoms with Gasteiger partial charge in [-0.3, -0.25) is 0 Å². The largest absolute Gasteiger partial charge is 0.355 e. The van der Waals surface area contributed by atoms with Gasteiger partial charge in [0.25, 0.3) is 0 Å². The highest BCUT2D eigenvalue weighted by Gasteiger charge is 2.11. The number of rotatable bonds is 1. The van der Waals surface area contributed by atoms with E-state index in [-0.39, 0.29) is 0 Å². The SMILES string of the molecule is Clc1ccc2[nH]c(-c3ccc4cccccc3-4)cc2c1. The number of H-pyrrole nitrogens is 1. The molecule has 0 amide bonds. The van der Waals surface area contributed by atoms with E-state index in [1.54, 1.807) is 0 Å². The van der Waals surface area contributed by atoms with Gasteiger partial charge in [0.15, 0.2) is 0 Å². The highest BCUT2D eigenvalue weighted by atomic mass is 35.5. The van der Waals surface area contributed by atoms with Gasteiger partial charge in [0, 0.05) is 27.2 Å². The minimum atomic E-state index is 0.766. The Morgan fingerprint density at radius 3 is 2.60 bits per heavy atom. The van der Waals surface area contributed by atoms with E-state index in [2.05, 4.69) is 53.5 Å². The van der Waals surface area contributed by atoms with Crippen LogP contribution < -0.4 is 0 Å². The molecule has 2 aliphatic carbocycles. The molecule has 1 heterocycles. The summed E-state index contributed by atoms with van der Waals surface area (Å²) >= 11 is 6.05. The minimum Gasteiger partial charge on any atom is -0.355 e. The first-order valence-corrected chi connectivity index (χ1v) is 6.95. The summed E-state index contributed by atoms with van der Waals surface area (Å²) in [7, 11) is 0. The summed E-state index contributed by atoms with van der Waals surface area (Å²) in [6.45, 7) is 0. The topological polar surface area (TPSA) is 15.8 Å². The average molecular weight is 278 g/mol. The smallest absolute Gasteiger partial charge is 0.0471 e. The quantitative estimate of drug-likeness (QED) is 0.466. The molecule has 0 unspecified atom stereocenters. The molecule has 0 radical (unpaired) electrons. The van der Waals surface area contributed by atoms with Crippen molar-refractivity contribution in [1.82, 2.24) is 4.98 Å². The zero-order valence-corrected chi connectivity index (χ0v) is 11.5.